The van der Waals surface area contributed by atoms with Crippen molar-refractivity contribution in [1.82, 2.24) is 19.5 Å². The van der Waals surface area contributed by atoms with Gasteiger partial charge in [-0.15, -0.1) is 0 Å². The fourth-order valence-electron chi connectivity index (χ4n) is 3.17. The zero-order valence-corrected chi connectivity index (χ0v) is 19.3. The van der Waals surface area contributed by atoms with Crippen LogP contribution in [0.5, 0.6) is 0 Å². The fourth-order valence-corrected chi connectivity index (χ4v) is 5.52. The number of rotatable bonds is 8. The molecule has 0 aromatic carbocycles. The van der Waals surface area contributed by atoms with Crippen LogP contribution in [0.3, 0.4) is 0 Å². The zero-order valence-electron chi connectivity index (χ0n) is 16.7. The lowest BCUT2D eigenvalue weighted by Crippen LogP contribution is -2.37. The van der Waals surface area contributed by atoms with Gasteiger partial charge >= 0.3 is 20.5 Å². The second-order valence-electron chi connectivity index (χ2n) is 6.82. The summed E-state index contributed by atoms with van der Waals surface area (Å²) in [6.07, 6.45) is -1.95. The van der Waals surface area contributed by atoms with E-state index in [9.17, 15) is 19.4 Å². The highest BCUT2D eigenvalue weighted by Crippen LogP contribution is 2.58. The van der Waals surface area contributed by atoms with Crippen LogP contribution in [0.25, 0.3) is 11.2 Å². The van der Waals surface area contributed by atoms with Crippen molar-refractivity contribution in [3.05, 3.63) is 36.8 Å². The lowest BCUT2D eigenvalue weighted by atomic mass is 10.1. The molecule has 184 valence electrons. The van der Waals surface area contributed by atoms with Crippen molar-refractivity contribution in [3.8, 4) is 0 Å². The third-order valence-corrected chi connectivity index (χ3v) is 7.30. The number of carbonyl (C=O) groups is 1. The number of phosphoric acid groups is 1. The minimum Gasteiger partial charge on any atom is -0.457 e. The van der Waals surface area contributed by atoms with Gasteiger partial charge in [0.1, 0.15) is 24.1 Å². The molecule has 5 atom stereocenters. The molecule has 3 aromatic rings. The molecule has 1 aliphatic heterocycles. The molecule has 4 rings (SSSR count). The number of hydrogen-bond donors (Lipinski definition) is 5. The maximum atomic E-state index is 12.5. The number of anilines is 1. The minimum absolute atomic E-state index is 0.0633. The highest BCUT2D eigenvalue weighted by atomic mass is 32.5. The van der Waals surface area contributed by atoms with Crippen molar-refractivity contribution in [2.24, 2.45) is 0 Å². The van der Waals surface area contributed by atoms with E-state index in [2.05, 4.69) is 35.6 Å². The average Bonchev–Trinajstić information content (AvgIpc) is 3.46. The lowest BCUT2D eigenvalue weighted by molar-refractivity contribution is -0.0564. The van der Waals surface area contributed by atoms with Crippen LogP contribution >= 0.6 is 14.5 Å². The van der Waals surface area contributed by atoms with Crippen LogP contribution in [0, 0.1) is 0 Å². The third kappa shape index (κ3) is 5.34. The summed E-state index contributed by atoms with van der Waals surface area (Å²) in [5, 5.41) is 10.8. The first-order valence-corrected chi connectivity index (χ1v) is 13.3. The average molecular weight is 537 g/mol. The van der Waals surface area contributed by atoms with Gasteiger partial charge in [0.2, 0.25) is 5.76 Å². The van der Waals surface area contributed by atoms with Crippen LogP contribution in [0.4, 0.5) is 5.82 Å². The molecular weight excluding hydrogens is 520 g/mol. The van der Waals surface area contributed by atoms with Crippen molar-refractivity contribution < 1.29 is 51.9 Å². The van der Waals surface area contributed by atoms with Gasteiger partial charge in [0.05, 0.1) is 19.2 Å². The van der Waals surface area contributed by atoms with Crippen molar-refractivity contribution in [2.75, 3.05) is 12.3 Å². The van der Waals surface area contributed by atoms with E-state index in [1.54, 1.807) is 0 Å². The largest absolute Gasteiger partial charge is 0.479 e. The Morgan fingerprint density at radius 3 is 2.74 bits per heavy atom. The number of aliphatic hydroxyl groups excluding tert-OH is 1. The highest BCUT2D eigenvalue weighted by molar-refractivity contribution is 8.08. The first-order chi connectivity index (χ1) is 16.0. The summed E-state index contributed by atoms with van der Waals surface area (Å²) in [5.74, 6) is -1.02. The van der Waals surface area contributed by atoms with E-state index in [0.717, 1.165) is 0 Å². The number of nitrogens with two attached hydrogens (primary N) is 1. The molecule has 0 spiro atoms. The van der Waals surface area contributed by atoms with Gasteiger partial charge in [-0.05, 0) is 23.9 Å². The maximum Gasteiger partial charge on any atom is 0.479 e. The Labute approximate surface area is 194 Å². The van der Waals surface area contributed by atoms with Crippen LogP contribution in [0.1, 0.15) is 16.8 Å². The Bertz CT molecular complexity index is 1280. The van der Waals surface area contributed by atoms with Gasteiger partial charge in [-0.2, -0.15) is 0 Å². The number of nitrogen functional groups attached to an aromatic ring is 1. The van der Waals surface area contributed by atoms with Gasteiger partial charge < -0.3 is 39.4 Å². The summed E-state index contributed by atoms with van der Waals surface area (Å²) in [7, 11) is -5.03. The van der Waals surface area contributed by atoms with E-state index < -0.39 is 51.7 Å². The number of aromatic nitrogens is 4. The second kappa shape index (κ2) is 9.39. The number of ether oxygens (including phenoxy) is 2. The van der Waals surface area contributed by atoms with Crippen molar-refractivity contribution in [3.63, 3.8) is 0 Å². The first-order valence-electron chi connectivity index (χ1n) is 9.20. The molecule has 1 saturated heterocycles. The smallest absolute Gasteiger partial charge is 0.457 e. The van der Waals surface area contributed by atoms with Gasteiger partial charge in [-0.25, -0.2) is 28.6 Å². The van der Waals surface area contributed by atoms with Crippen LogP contribution in [0.2, 0.25) is 0 Å². The molecule has 16 nitrogen and oxygen atoms in total. The van der Waals surface area contributed by atoms with Gasteiger partial charge in [-0.3, -0.25) is 9.09 Å². The minimum atomic E-state index is -5.03. The Morgan fingerprint density at radius 1 is 1.29 bits per heavy atom. The number of esters is 1. The van der Waals surface area contributed by atoms with E-state index in [1.165, 1.54) is 35.6 Å². The summed E-state index contributed by atoms with van der Waals surface area (Å²) in [4.78, 5) is 52.3. The summed E-state index contributed by atoms with van der Waals surface area (Å²) in [6.45, 7) is -5.33. The SMILES string of the molecule is Nc1ncnc2c1ncn2[C@@H]1O[C@H](COP(=O)(O)OP(O)(O)=S)[C@@H](O)[C@H]1OC(=O)c1ccco1. The molecule has 3 aromatic heterocycles. The molecule has 0 bridgehead atoms. The van der Waals surface area contributed by atoms with Crippen LogP contribution in [-0.4, -0.2) is 70.2 Å². The molecule has 34 heavy (non-hydrogen) atoms. The lowest BCUT2D eigenvalue weighted by Gasteiger charge is -2.21. The van der Waals surface area contributed by atoms with Gasteiger partial charge in [-0.1, -0.05) is 0 Å². The molecule has 0 radical (unpaired) electrons. The normalized spacial score (nSPS) is 24.8. The number of carbonyl (C=O) groups excluding carboxylic acids is 1. The predicted molar refractivity (Wildman–Crippen MR) is 113 cm³/mol. The number of hydrogen-bond acceptors (Lipinski definition) is 13. The third-order valence-electron chi connectivity index (χ3n) is 4.55. The Hall–Kier alpha value is -2.30. The molecule has 4 heterocycles. The molecule has 0 amide bonds. The van der Waals surface area contributed by atoms with E-state index in [-0.39, 0.29) is 22.7 Å². The highest BCUT2D eigenvalue weighted by Gasteiger charge is 2.49. The number of fused-ring (bicyclic) bond motifs is 1. The van der Waals surface area contributed by atoms with Crippen molar-refractivity contribution in [2.45, 2.75) is 24.5 Å². The Balaban J connectivity index is 1.61. The quantitative estimate of drug-likeness (QED) is 0.185. The number of aliphatic hydroxyl groups is 1. The number of imidazole rings is 1. The molecule has 0 aliphatic carbocycles. The molecule has 1 aliphatic rings. The van der Waals surface area contributed by atoms with E-state index >= 15 is 0 Å². The van der Waals surface area contributed by atoms with Crippen molar-refractivity contribution in [1.29, 1.82) is 0 Å². The van der Waals surface area contributed by atoms with Gasteiger partial charge in [0.15, 0.2) is 23.8 Å². The summed E-state index contributed by atoms with van der Waals surface area (Å²) >= 11 is 4.15. The first kappa shape index (κ1) is 24.8. The Morgan fingerprint density at radius 2 is 2.06 bits per heavy atom. The van der Waals surface area contributed by atoms with Gasteiger partial charge in [0, 0.05) is 0 Å². The fraction of sp³-hybridized carbons (Fsp3) is 0.333. The zero-order chi connectivity index (χ0) is 24.7. The summed E-state index contributed by atoms with van der Waals surface area (Å²) < 4.78 is 38.1. The molecule has 0 saturated carbocycles. The summed E-state index contributed by atoms with van der Waals surface area (Å²) in [6, 6.07) is 2.80. The number of phosphoric ester groups is 1. The Kier molecular flexibility index (Phi) is 6.85. The molecule has 1 unspecified atom stereocenters. The van der Waals surface area contributed by atoms with Gasteiger partial charge in [0.25, 0.3) is 0 Å². The predicted octanol–water partition coefficient (Wildman–Crippen LogP) is -0.172. The molecule has 6 N–H and O–H groups in total. The number of furan rings is 1. The number of nitrogens with zero attached hydrogens (tertiary/aromatic N) is 4. The molecule has 19 heteroatoms. The topological polar surface area (TPSA) is 235 Å². The maximum absolute atomic E-state index is 12.5. The van der Waals surface area contributed by atoms with E-state index in [4.69, 9.17) is 29.4 Å². The van der Waals surface area contributed by atoms with E-state index in [0.29, 0.717) is 0 Å². The van der Waals surface area contributed by atoms with Crippen LogP contribution in [0.15, 0.2) is 35.5 Å². The van der Waals surface area contributed by atoms with Crippen LogP contribution in [-0.2, 0) is 34.7 Å². The summed E-state index contributed by atoms with van der Waals surface area (Å²) in [5.41, 5.74) is 6.19. The molecule has 1 fully saturated rings. The van der Waals surface area contributed by atoms with Crippen molar-refractivity contribution >= 4 is 49.3 Å². The monoisotopic (exact) mass is 537 g/mol. The van der Waals surface area contributed by atoms with E-state index in [1.807, 2.05) is 0 Å². The standard InChI is InChI=1S/C15H17N5O11P2S/c16-12-9-13(18-5-17-12)20(6-19-9)14-11(30-15(22)7-2-1-3-27-7)10(21)8(29-14)4-28-32(23,24)31-33(25,26)34/h1-3,5-6,8,10-11,14,21H,4H2,(H,23,24)(H2,16,17,18)(H2,25,26,34)/t8-,10-,11-,14-/m1/s1. The second-order valence-corrected chi connectivity index (χ2v) is 11.1. The molecular formula is C15H17N5O11P2S. The van der Waals surface area contributed by atoms with Crippen LogP contribution < -0.4 is 5.73 Å².